The van der Waals surface area contributed by atoms with Gasteiger partial charge in [0.1, 0.15) is 5.75 Å². The van der Waals surface area contributed by atoms with Gasteiger partial charge in [-0.1, -0.05) is 22.8 Å². The Morgan fingerprint density at radius 2 is 2.07 bits per heavy atom. The van der Waals surface area contributed by atoms with Crippen molar-refractivity contribution in [3.05, 3.63) is 52.2 Å². The Labute approximate surface area is 169 Å². The zero-order chi connectivity index (χ0) is 19.9. The van der Waals surface area contributed by atoms with Crippen LogP contribution in [0.15, 0.2) is 40.2 Å². The number of aromatic nitrogens is 2. The molecule has 0 fully saturated rings. The number of ether oxygens (including phenoxy) is 1. The molecule has 2 N–H and O–H groups in total. The molecule has 2 aromatic heterocycles. The monoisotopic (exact) mass is 420 g/mol. The summed E-state index contributed by atoms with van der Waals surface area (Å²) in [5, 5.41) is 6.41. The summed E-state index contributed by atoms with van der Waals surface area (Å²) in [5.41, 5.74) is 5.45. The van der Waals surface area contributed by atoms with E-state index in [0.717, 1.165) is 10.4 Å². The average Bonchev–Trinajstić information content (AvgIpc) is 3.37. The first kappa shape index (κ1) is 19.8. The molecule has 2 heterocycles. The first-order valence-corrected chi connectivity index (χ1v) is 9.60. The molecule has 0 aliphatic heterocycles. The molecule has 0 saturated carbocycles. The second-order valence-electron chi connectivity index (χ2n) is 5.79. The van der Waals surface area contributed by atoms with E-state index in [1.54, 1.807) is 18.2 Å². The predicted molar refractivity (Wildman–Crippen MR) is 104 cm³/mol. The van der Waals surface area contributed by atoms with Gasteiger partial charge < -0.3 is 9.26 Å². The highest BCUT2D eigenvalue weighted by atomic mass is 35.5. The summed E-state index contributed by atoms with van der Waals surface area (Å²) in [5.74, 6) is 0.492. The minimum absolute atomic E-state index is 0.0869. The second kappa shape index (κ2) is 9.34. The van der Waals surface area contributed by atoms with E-state index in [1.165, 1.54) is 11.3 Å². The lowest BCUT2D eigenvalue weighted by Gasteiger charge is -2.09. The van der Waals surface area contributed by atoms with Crippen molar-refractivity contribution in [2.75, 3.05) is 6.61 Å². The summed E-state index contributed by atoms with van der Waals surface area (Å²) in [6, 6.07) is 8.85. The summed E-state index contributed by atoms with van der Waals surface area (Å²) in [7, 11) is 0. The van der Waals surface area contributed by atoms with Gasteiger partial charge in [-0.15, -0.1) is 11.3 Å². The standard InChI is InChI=1S/C18H17ClN4O4S/c1-11-9-12(4-5-13(11)19)26-10-16(25)22-21-15(24)6-7-17-20-18(23-27-17)14-3-2-8-28-14/h2-5,8-9H,6-7,10H2,1H3,(H,21,24)(H,22,25). The highest BCUT2D eigenvalue weighted by molar-refractivity contribution is 7.13. The molecule has 3 aromatic rings. The maximum atomic E-state index is 11.8. The molecule has 146 valence electrons. The highest BCUT2D eigenvalue weighted by Gasteiger charge is 2.12. The molecule has 0 unspecified atom stereocenters. The fourth-order valence-corrected chi connectivity index (χ4v) is 2.94. The number of rotatable bonds is 7. The Morgan fingerprint density at radius 3 is 2.82 bits per heavy atom. The van der Waals surface area contributed by atoms with Crippen molar-refractivity contribution >= 4 is 34.8 Å². The Balaban J connectivity index is 1.37. The number of carbonyl (C=O) groups excluding carboxylic acids is 2. The topological polar surface area (TPSA) is 106 Å². The van der Waals surface area contributed by atoms with Crippen LogP contribution in [-0.4, -0.2) is 28.6 Å². The van der Waals surface area contributed by atoms with E-state index in [1.807, 2.05) is 24.4 Å². The molecular weight excluding hydrogens is 404 g/mol. The third-order valence-corrected chi connectivity index (χ3v) is 4.91. The molecular formula is C18H17ClN4O4S. The maximum Gasteiger partial charge on any atom is 0.276 e. The number of hydrogen-bond donors (Lipinski definition) is 2. The SMILES string of the molecule is Cc1cc(OCC(=O)NNC(=O)CCc2nc(-c3cccs3)no2)ccc1Cl. The third-order valence-electron chi connectivity index (χ3n) is 3.62. The zero-order valence-electron chi connectivity index (χ0n) is 14.9. The van der Waals surface area contributed by atoms with E-state index in [2.05, 4.69) is 21.0 Å². The minimum atomic E-state index is -0.487. The van der Waals surface area contributed by atoms with Crippen molar-refractivity contribution in [1.29, 1.82) is 0 Å². The van der Waals surface area contributed by atoms with Crippen molar-refractivity contribution in [2.45, 2.75) is 19.8 Å². The molecule has 0 spiro atoms. The first-order chi connectivity index (χ1) is 13.5. The average molecular weight is 421 g/mol. The van der Waals surface area contributed by atoms with Gasteiger partial charge >= 0.3 is 0 Å². The van der Waals surface area contributed by atoms with E-state index >= 15 is 0 Å². The van der Waals surface area contributed by atoms with Gasteiger partial charge in [0.15, 0.2) is 6.61 Å². The van der Waals surface area contributed by atoms with Gasteiger partial charge in [-0.2, -0.15) is 4.98 Å². The maximum absolute atomic E-state index is 11.8. The van der Waals surface area contributed by atoms with Gasteiger partial charge in [0.2, 0.25) is 17.6 Å². The van der Waals surface area contributed by atoms with E-state index in [0.29, 0.717) is 22.5 Å². The van der Waals surface area contributed by atoms with Crippen LogP contribution in [0.5, 0.6) is 5.75 Å². The van der Waals surface area contributed by atoms with E-state index < -0.39 is 5.91 Å². The number of amides is 2. The van der Waals surface area contributed by atoms with Crippen LogP contribution in [0.3, 0.4) is 0 Å². The Kier molecular flexibility index (Phi) is 6.62. The molecule has 10 heteroatoms. The summed E-state index contributed by atoms with van der Waals surface area (Å²) in [6.45, 7) is 1.59. The number of thiophene rings is 1. The van der Waals surface area contributed by atoms with Crippen molar-refractivity contribution < 1.29 is 18.8 Å². The Hall–Kier alpha value is -2.91. The Morgan fingerprint density at radius 1 is 1.25 bits per heavy atom. The number of hydrazine groups is 1. The number of aryl methyl sites for hydroxylation is 2. The fourth-order valence-electron chi connectivity index (χ4n) is 2.18. The minimum Gasteiger partial charge on any atom is -0.484 e. The largest absolute Gasteiger partial charge is 0.484 e. The van der Waals surface area contributed by atoms with Gasteiger partial charge in [-0.25, -0.2) is 0 Å². The number of hydrogen-bond acceptors (Lipinski definition) is 7. The number of halogens is 1. The molecule has 0 bridgehead atoms. The Bertz CT molecular complexity index is 958. The van der Waals surface area contributed by atoms with Gasteiger partial charge in [0.05, 0.1) is 4.88 Å². The molecule has 0 atom stereocenters. The second-order valence-corrected chi connectivity index (χ2v) is 7.14. The molecule has 0 aliphatic rings. The van der Waals surface area contributed by atoms with E-state index in [4.69, 9.17) is 20.9 Å². The number of nitrogens with zero attached hydrogens (tertiary/aromatic N) is 2. The van der Waals surface area contributed by atoms with Crippen LogP contribution in [0.2, 0.25) is 5.02 Å². The van der Waals surface area contributed by atoms with E-state index in [9.17, 15) is 9.59 Å². The summed E-state index contributed by atoms with van der Waals surface area (Å²) < 4.78 is 10.5. The fraction of sp³-hybridized carbons (Fsp3) is 0.222. The van der Waals surface area contributed by atoms with Crippen molar-refractivity contribution in [3.63, 3.8) is 0 Å². The number of carbonyl (C=O) groups is 2. The predicted octanol–water partition coefficient (Wildman–Crippen LogP) is 2.92. The lowest BCUT2D eigenvalue weighted by molar-refractivity contribution is -0.130. The molecule has 28 heavy (non-hydrogen) atoms. The lowest BCUT2D eigenvalue weighted by atomic mass is 10.2. The van der Waals surface area contributed by atoms with Gasteiger partial charge in [0.25, 0.3) is 5.91 Å². The van der Waals surface area contributed by atoms with Crippen LogP contribution in [0.4, 0.5) is 0 Å². The van der Waals surface area contributed by atoms with Gasteiger partial charge in [0, 0.05) is 17.9 Å². The van der Waals surface area contributed by atoms with Crippen molar-refractivity contribution in [2.24, 2.45) is 0 Å². The van der Waals surface area contributed by atoms with Crippen LogP contribution in [0.25, 0.3) is 10.7 Å². The van der Waals surface area contributed by atoms with Crippen LogP contribution in [0.1, 0.15) is 17.9 Å². The molecule has 0 saturated heterocycles. The summed E-state index contributed by atoms with van der Waals surface area (Å²) >= 11 is 7.43. The smallest absolute Gasteiger partial charge is 0.276 e. The molecule has 0 radical (unpaired) electrons. The van der Waals surface area contributed by atoms with Crippen molar-refractivity contribution in [1.82, 2.24) is 21.0 Å². The van der Waals surface area contributed by atoms with Crippen LogP contribution >= 0.6 is 22.9 Å². The summed E-state index contributed by atoms with van der Waals surface area (Å²) in [4.78, 5) is 28.7. The molecule has 3 rings (SSSR count). The van der Waals surface area contributed by atoms with Crippen LogP contribution in [-0.2, 0) is 16.0 Å². The molecule has 8 nitrogen and oxygen atoms in total. The van der Waals surface area contributed by atoms with Crippen molar-refractivity contribution in [3.8, 4) is 16.5 Å². The number of nitrogens with one attached hydrogen (secondary N) is 2. The summed E-state index contributed by atoms with van der Waals surface area (Å²) in [6.07, 6.45) is 0.351. The zero-order valence-corrected chi connectivity index (χ0v) is 16.5. The van der Waals surface area contributed by atoms with Gasteiger partial charge in [-0.05, 0) is 42.1 Å². The lowest BCUT2D eigenvalue weighted by Crippen LogP contribution is -2.43. The normalized spacial score (nSPS) is 10.5. The quantitative estimate of drug-likeness (QED) is 0.569. The third kappa shape index (κ3) is 5.54. The van der Waals surface area contributed by atoms with Crippen LogP contribution < -0.4 is 15.6 Å². The van der Waals surface area contributed by atoms with Gasteiger partial charge in [-0.3, -0.25) is 20.4 Å². The van der Waals surface area contributed by atoms with E-state index in [-0.39, 0.29) is 25.4 Å². The molecule has 1 aromatic carbocycles. The number of benzene rings is 1. The van der Waals surface area contributed by atoms with Crippen LogP contribution in [0, 0.1) is 6.92 Å². The highest BCUT2D eigenvalue weighted by Crippen LogP contribution is 2.22. The molecule has 2 amide bonds. The molecule has 0 aliphatic carbocycles. The first-order valence-electron chi connectivity index (χ1n) is 8.34.